The normalized spacial score (nSPS) is 36.1. The molecule has 3 rings (SSSR count). The van der Waals surface area contributed by atoms with E-state index in [2.05, 4.69) is 61.5 Å². The zero-order valence-corrected chi connectivity index (χ0v) is 22.9. The molecule has 0 aliphatic heterocycles. The fourth-order valence-corrected chi connectivity index (χ4v) is 14.3. The van der Waals surface area contributed by atoms with E-state index in [1.165, 1.54) is 12.8 Å². The third-order valence-corrected chi connectivity index (χ3v) is 16.0. The summed E-state index contributed by atoms with van der Waals surface area (Å²) in [5.74, 6) is 0.568. The summed E-state index contributed by atoms with van der Waals surface area (Å²) in [4.78, 5) is 13.4. The summed E-state index contributed by atoms with van der Waals surface area (Å²) in [6, 6.07) is 2.80. The Morgan fingerprint density at radius 2 is 1.69 bits per heavy atom. The van der Waals surface area contributed by atoms with Gasteiger partial charge in [0, 0.05) is 31.0 Å². The highest BCUT2D eigenvalue weighted by Gasteiger charge is 2.85. The minimum Gasteiger partial charge on any atom is -0.408 e. The van der Waals surface area contributed by atoms with Crippen LogP contribution in [0.15, 0.2) is 0 Å². The van der Waals surface area contributed by atoms with Gasteiger partial charge < -0.3 is 9.16 Å². The van der Waals surface area contributed by atoms with Gasteiger partial charge in [0.2, 0.25) is 8.32 Å². The van der Waals surface area contributed by atoms with E-state index in [9.17, 15) is 10.1 Å². The molecule has 4 nitrogen and oxygen atoms in total. The summed E-state index contributed by atoms with van der Waals surface area (Å²) in [5, 5.41) is 10.6. The van der Waals surface area contributed by atoms with Crippen molar-refractivity contribution in [3.05, 3.63) is 0 Å². The average Bonchev–Trinajstić information content (AvgIpc) is 3.17. The molecule has 0 spiro atoms. The fraction of sp³-hybridized carbons (Fsp3) is 0.926. The standard InChI is InChI=1S/C27H47NO3Si/c1-9-10-11-13-30-14-12-25-15-22(8)26(18-28)16-23(25)24(29)17-27(25,26)31-32(19(2)3,20(4)5)21(6)7/h19-23H,9-17H2,1-8H3/t22-,23-,25-,26+,27-/m1/s1. The summed E-state index contributed by atoms with van der Waals surface area (Å²) in [6.45, 7) is 19.7. The van der Waals surface area contributed by atoms with Crippen LogP contribution in [0.4, 0.5) is 0 Å². The molecule has 182 valence electrons. The maximum absolute atomic E-state index is 13.4. The van der Waals surface area contributed by atoms with Gasteiger partial charge in [0.25, 0.3) is 0 Å². The predicted molar refractivity (Wildman–Crippen MR) is 132 cm³/mol. The van der Waals surface area contributed by atoms with Crippen molar-refractivity contribution >= 4 is 14.1 Å². The molecule has 0 amide bonds. The molecule has 3 saturated carbocycles. The quantitative estimate of drug-likeness (QED) is 0.231. The first-order valence-corrected chi connectivity index (χ1v) is 15.4. The van der Waals surface area contributed by atoms with Crippen molar-refractivity contribution in [2.45, 2.75) is 123 Å². The first-order valence-electron chi connectivity index (χ1n) is 13.2. The van der Waals surface area contributed by atoms with E-state index in [1.54, 1.807) is 0 Å². The molecule has 32 heavy (non-hydrogen) atoms. The van der Waals surface area contributed by atoms with Gasteiger partial charge in [0.05, 0.1) is 17.1 Å². The molecule has 0 aromatic carbocycles. The topological polar surface area (TPSA) is 59.3 Å². The van der Waals surface area contributed by atoms with Gasteiger partial charge in [-0.15, -0.1) is 0 Å². The van der Waals surface area contributed by atoms with Crippen LogP contribution < -0.4 is 0 Å². The molecule has 5 atom stereocenters. The maximum Gasteiger partial charge on any atom is 0.201 e. The van der Waals surface area contributed by atoms with Crippen molar-refractivity contribution in [2.75, 3.05) is 13.2 Å². The molecule has 3 fully saturated rings. The Balaban J connectivity index is 2.03. The molecular formula is C27H47NO3Si. The van der Waals surface area contributed by atoms with Gasteiger partial charge in [0.15, 0.2) is 0 Å². The van der Waals surface area contributed by atoms with Crippen molar-refractivity contribution < 1.29 is 14.0 Å². The van der Waals surface area contributed by atoms with Gasteiger partial charge in [-0.25, -0.2) is 0 Å². The van der Waals surface area contributed by atoms with E-state index in [4.69, 9.17) is 9.16 Å². The number of ketones is 1. The van der Waals surface area contributed by atoms with Crippen molar-refractivity contribution in [3.8, 4) is 6.07 Å². The van der Waals surface area contributed by atoms with Crippen LogP contribution in [-0.2, 0) is 14.0 Å². The van der Waals surface area contributed by atoms with Gasteiger partial charge in [-0.05, 0) is 48.2 Å². The lowest BCUT2D eigenvalue weighted by Crippen LogP contribution is -2.61. The molecule has 3 aliphatic carbocycles. The number of ether oxygens (including phenoxy) is 1. The van der Waals surface area contributed by atoms with Crippen LogP contribution >= 0.6 is 0 Å². The molecular weight excluding hydrogens is 414 g/mol. The highest BCUT2D eigenvalue weighted by molar-refractivity contribution is 6.77. The Labute approximate surface area is 197 Å². The van der Waals surface area contributed by atoms with Crippen molar-refractivity contribution in [3.63, 3.8) is 0 Å². The second-order valence-corrected chi connectivity index (χ2v) is 17.4. The zero-order valence-electron chi connectivity index (χ0n) is 21.9. The Morgan fingerprint density at radius 1 is 1.06 bits per heavy atom. The van der Waals surface area contributed by atoms with Gasteiger partial charge in [-0.2, -0.15) is 5.26 Å². The Bertz CT molecular complexity index is 722. The minimum absolute atomic E-state index is 0.0317. The molecule has 0 N–H and O–H groups in total. The van der Waals surface area contributed by atoms with Gasteiger partial charge in [-0.3, -0.25) is 4.79 Å². The lowest BCUT2D eigenvalue weighted by molar-refractivity contribution is -0.128. The van der Waals surface area contributed by atoms with E-state index in [0.717, 1.165) is 25.9 Å². The van der Waals surface area contributed by atoms with E-state index in [-0.39, 0.29) is 17.3 Å². The Morgan fingerprint density at radius 3 is 2.22 bits per heavy atom. The third-order valence-electron chi connectivity index (χ3n) is 9.88. The summed E-state index contributed by atoms with van der Waals surface area (Å²) in [5.41, 5.74) is -0.113. The summed E-state index contributed by atoms with van der Waals surface area (Å²) < 4.78 is 13.7. The van der Waals surface area contributed by atoms with E-state index in [1.807, 2.05) is 0 Å². The van der Waals surface area contributed by atoms with Crippen LogP contribution in [-0.4, -0.2) is 32.9 Å². The highest BCUT2D eigenvalue weighted by Crippen LogP contribution is 2.80. The van der Waals surface area contributed by atoms with Crippen molar-refractivity contribution in [1.29, 1.82) is 5.26 Å². The molecule has 0 unspecified atom stereocenters. The molecule has 4 bridgehead atoms. The van der Waals surface area contributed by atoms with Crippen LogP contribution in [0.25, 0.3) is 0 Å². The lowest BCUT2D eigenvalue weighted by atomic mass is 9.65. The molecule has 5 heteroatoms. The first-order chi connectivity index (χ1) is 15.0. The Kier molecular flexibility index (Phi) is 7.41. The molecule has 3 aliphatic rings. The zero-order chi connectivity index (χ0) is 23.9. The van der Waals surface area contributed by atoms with Crippen LogP contribution in [0, 0.1) is 34.0 Å². The average molecular weight is 462 g/mol. The second-order valence-electron chi connectivity index (χ2n) is 12.1. The second kappa shape index (κ2) is 9.15. The largest absolute Gasteiger partial charge is 0.408 e. The van der Waals surface area contributed by atoms with E-state index < -0.39 is 19.3 Å². The first kappa shape index (κ1) is 25.9. The fourth-order valence-electron chi connectivity index (χ4n) is 8.58. The number of carbonyl (C=O) groups is 1. The number of unbranched alkanes of at least 4 members (excludes halogenated alkanes) is 2. The summed E-state index contributed by atoms with van der Waals surface area (Å²) >= 11 is 0. The monoisotopic (exact) mass is 461 g/mol. The van der Waals surface area contributed by atoms with Gasteiger partial charge in [-0.1, -0.05) is 68.2 Å². The summed E-state index contributed by atoms with van der Waals surface area (Å²) in [6.07, 6.45) is 6.38. The number of Topliss-reactive ketones (excluding diaryl/α,β-unsaturated/α-hetero) is 1. The van der Waals surface area contributed by atoms with Gasteiger partial charge >= 0.3 is 0 Å². The van der Waals surface area contributed by atoms with Crippen LogP contribution in [0.1, 0.15) is 100 Å². The number of carbonyl (C=O) groups excluding carboxylic acids is 1. The lowest BCUT2D eigenvalue weighted by Gasteiger charge is -2.53. The molecule has 0 aromatic heterocycles. The SMILES string of the molecule is CCCCCOCC[C@@]12C[C@@H](C)[C@@]3(C#N)C[C@@H]1C(=O)C[C@@]23O[Si](C(C)C)(C(C)C)C(C)C. The van der Waals surface area contributed by atoms with Crippen molar-refractivity contribution in [1.82, 2.24) is 0 Å². The van der Waals surface area contributed by atoms with Crippen LogP contribution in [0.5, 0.6) is 0 Å². The Hall–Kier alpha value is -0.703. The molecule has 0 radical (unpaired) electrons. The van der Waals surface area contributed by atoms with Crippen molar-refractivity contribution in [2.24, 2.45) is 22.7 Å². The maximum atomic E-state index is 13.4. The predicted octanol–water partition coefficient (Wildman–Crippen LogP) is 7.04. The van der Waals surface area contributed by atoms with Crippen LogP contribution in [0.3, 0.4) is 0 Å². The smallest absolute Gasteiger partial charge is 0.201 e. The number of hydrogen-bond donors (Lipinski definition) is 0. The number of hydrogen-bond acceptors (Lipinski definition) is 4. The molecule has 0 saturated heterocycles. The number of nitriles is 1. The number of rotatable bonds is 12. The highest BCUT2D eigenvalue weighted by atomic mass is 28.4. The number of nitrogens with zero attached hydrogens (tertiary/aromatic N) is 1. The minimum atomic E-state index is -2.28. The van der Waals surface area contributed by atoms with E-state index in [0.29, 0.717) is 41.9 Å². The molecule has 0 heterocycles. The summed E-state index contributed by atoms with van der Waals surface area (Å²) in [7, 11) is -2.28. The van der Waals surface area contributed by atoms with Gasteiger partial charge in [0.1, 0.15) is 5.78 Å². The van der Waals surface area contributed by atoms with Crippen LogP contribution in [0.2, 0.25) is 16.6 Å². The van der Waals surface area contributed by atoms with E-state index >= 15 is 0 Å². The molecule has 0 aromatic rings. The third kappa shape index (κ3) is 3.30.